The maximum atomic E-state index is 12.5. The highest BCUT2D eigenvalue weighted by atomic mass is 127. The number of carbonyl (C=O) groups is 3. The van der Waals surface area contributed by atoms with E-state index in [1.807, 2.05) is 45.2 Å². The van der Waals surface area contributed by atoms with Gasteiger partial charge >= 0.3 is 5.97 Å². The van der Waals surface area contributed by atoms with E-state index < -0.39 is 36.9 Å². The average Bonchev–Trinajstić information content (AvgIpc) is 2.78. The van der Waals surface area contributed by atoms with Crippen LogP contribution in [0.4, 0.5) is 0 Å². The Morgan fingerprint density at radius 2 is 1.41 bits per heavy atom. The van der Waals surface area contributed by atoms with Crippen molar-refractivity contribution in [1.29, 1.82) is 0 Å². The van der Waals surface area contributed by atoms with Crippen LogP contribution in [-0.4, -0.2) is 54.0 Å². The van der Waals surface area contributed by atoms with Gasteiger partial charge in [-0.1, -0.05) is 0 Å². The zero-order valence-corrected chi connectivity index (χ0v) is 27.0. The Hall–Kier alpha value is -0.220. The van der Waals surface area contributed by atoms with Gasteiger partial charge in [0.1, 0.15) is 17.5 Å². The number of nitrogens with two attached hydrogens (primary N) is 2. The van der Waals surface area contributed by atoms with Gasteiger partial charge in [0.05, 0.1) is 34.5 Å². The quantitative estimate of drug-likeness (QED) is 0.270. The van der Waals surface area contributed by atoms with E-state index >= 15 is 0 Å². The number of phenolic OH excluding ortho intramolecular Hbond substituents is 1. The van der Waals surface area contributed by atoms with E-state index in [9.17, 15) is 19.5 Å². The molecule has 0 fully saturated rings. The molecule has 2 amide bonds. The van der Waals surface area contributed by atoms with Crippen LogP contribution in [0.25, 0.3) is 0 Å². The van der Waals surface area contributed by atoms with Gasteiger partial charge in [-0.3, -0.25) is 14.5 Å². The highest BCUT2D eigenvalue weighted by Crippen LogP contribution is 2.37. The molecule has 2 rings (SSSR count). The number of phenols is 1. The molecule has 0 aromatic heterocycles. The van der Waals surface area contributed by atoms with Gasteiger partial charge in [0.2, 0.25) is 11.8 Å². The summed E-state index contributed by atoms with van der Waals surface area (Å²) in [7, 11) is 1.18. The molecule has 0 aliphatic rings. The van der Waals surface area contributed by atoms with E-state index in [1.165, 1.54) is 7.11 Å². The summed E-state index contributed by atoms with van der Waals surface area (Å²) in [6.45, 7) is -0.906. The topological polar surface area (TPSA) is 145 Å². The number of benzene rings is 2. The Kier molecular flexibility index (Phi) is 13.6. The Labute approximate surface area is 257 Å². The highest BCUT2D eigenvalue weighted by Gasteiger charge is 2.34. The molecule has 0 radical (unpaired) electrons. The first-order chi connectivity index (χ1) is 15.5. The molecule has 2 aromatic rings. The molecule has 0 aliphatic heterocycles. The van der Waals surface area contributed by atoms with Crippen LogP contribution in [0.15, 0.2) is 24.3 Å². The summed E-state index contributed by atoms with van der Waals surface area (Å²) in [5.41, 5.74) is 11.6. The zero-order valence-electron chi connectivity index (χ0n) is 17.5. The Morgan fingerprint density at radius 1 is 0.941 bits per heavy atom. The Morgan fingerprint density at radius 3 is 1.82 bits per heavy atom. The number of ether oxygens (including phenoxy) is 2. The summed E-state index contributed by atoms with van der Waals surface area (Å²) in [4.78, 5) is 37.9. The maximum Gasteiger partial charge on any atom is 0.329 e. The van der Waals surface area contributed by atoms with E-state index in [-0.39, 0.29) is 24.6 Å². The second-order valence-corrected chi connectivity index (χ2v) is 11.2. The molecule has 0 saturated carbocycles. The molecule has 186 valence electrons. The highest BCUT2D eigenvalue weighted by molar-refractivity contribution is 14.1. The van der Waals surface area contributed by atoms with Crippen molar-refractivity contribution in [3.8, 4) is 17.2 Å². The predicted octanol–water partition coefficient (Wildman–Crippen LogP) is 3.38. The fourth-order valence-electron chi connectivity index (χ4n) is 2.87. The maximum absolute atomic E-state index is 12.5. The predicted molar refractivity (Wildman–Crippen MR) is 162 cm³/mol. The smallest absolute Gasteiger partial charge is 0.329 e. The lowest BCUT2D eigenvalue weighted by molar-refractivity contribution is -0.158. The first-order valence-electron chi connectivity index (χ1n) is 9.20. The van der Waals surface area contributed by atoms with Crippen molar-refractivity contribution < 1.29 is 29.0 Å². The van der Waals surface area contributed by atoms with Crippen LogP contribution in [-0.2, 0) is 25.5 Å². The molecule has 9 nitrogen and oxygen atoms in total. The molecule has 5 N–H and O–H groups in total. The number of hydrogen-bond acceptors (Lipinski definition) is 8. The third-order valence-electron chi connectivity index (χ3n) is 4.37. The van der Waals surface area contributed by atoms with Gasteiger partial charge in [0, 0.05) is 6.42 Å². The lowest BCUT2D eigenvalue weighted by atomic mass is 10.0. The van der Waals surface area contributed by atoms with Gasteiger partial charge in [-0.2, -0.15) is 0 Å². The standard InChI is InChI=1S/C20H19I4N3O6.ClH/c1-32-20(31)15(27(16(28)7-25)17(29)8-26)4-9-2-13(23)19(14(24)3-9)33-10-5-11(21)18(30)12(22)6-10;/h2-3,5-6,15,30H,4,7-8,25-26H2,1H3;1H. The number of esters is 1. The van der Waals surface area contributed by atoms with Crippen molar-refractivity contribution in [1.82, 2.24) is 4.90 Å². The lowest BCUT2D eigenvalue weighted by Gasteiger charge is -2.28. The number of carbonyl (C=O) groups excluding carboxylic acids is 3. The van der Waals surface area contributed by atoms with Gasteiger partial charge in [-0.25, -0.2) is 4.79 Å². The van der Waals surface area contributed by atoms with E-state index in [1.54, 1.807) is 24.3 Å². The summed E-state index contributed by atoms with van der Waals surface area (Å²) in [6, 6.07) is 5.83. The second-order valence-electron chi connectivity index (χ2n) is 6.53. The lowest BCUT2D eigenvalue weighted by Crippen LogP contribution is -2.54. The fraction of sp³-hybridized carbons (Fsp3) is 0.250. The number of imide groups is 1. The van der Waals surface area contributed by atoms with Gasteiger partial charge in [-0.15, -0.1) is 12.4 Å². The van der Waals surface area contributed by atoms with Crippen LogP contribution in [0.1, 0.15) is 5.56 Å². The molecule has 34 heavy (non-hydrogen) atoms. The van der Waals surface area contributed by atoms with E-state index in [4.69, 9.17) is 20.9 Å². The van der Waals surface area contributed by atoms with Crippen molar-refractivity contribution in [2.24, 2.45) is 11.5 Å². The van der Waals surface area contributed by atoms with Crippen molar-refractivity contribution in [2.45, 2.75) is 12.5 Å². The molecule has 0 aliphatic carbocycles. The minimum atomic E-state index is -1.21. The average molecular weight is 941 g/mol. The van der Waals surface area contributed by atoms with Crippen LogP contribution < -0.4 is 16.2 Å². The van der Waals surface area contributed by atoms with Crippen LogP contribution in [0.3, 0.4) is 0 Å². The van der Waals surface area contributed by atoms with E-state index in [0.717, 1.165) is 12.0 Å². The number of aromatic hydroxyl groups is 1. The van der Waals surface area contributed by atoms with Gasteiger partial charge in [0.25, 0.3) is 0 Å². The molecule has 2 aromatic carbocycles. The van der Waals surface area contributed by atoms with Crippen molar-refractivity contribution in [2.75, 3.05) is 20.2 Å². The van der Waals surface area contributed by atoms with Crippen LogP contribution in [0.2, 0.25) is 0 Å². The number of hydrogen-bond donors (Lipinski definition) is 3. The second kappa shape index (κ2) is 14.5. The van der Waals surface area contributed by atoms with Crippen molar-refractivity contribution >= 4 is 121 Å². The number of methoxy groups -OCH3 is 1. The number of rotatable bonds is 8. The summed E-state index contributed by atoms with van der Waals surface area (Å²) in [6.07, 6.45) is 0.0193. The molecule has 0 spiro atoms. The van der Waals surface area contributed by atoms with Crippen LogP contribution in [0, 0.1) is 14.3 Å². The number of halogens is 5. The molecular formula is C20H20ClI4N3O6. The fourth-order valence-corrected chi connectivity index (χ4v) is 6.70. The third kappa shape index (κ3) is 7.89. The zero-order chi connectivity index (χ0) is 24.9. The van der Waals surface area contributed by atoms with E-state index in [0.29, 0.717) is 24.2 Å². The largest absolute Gasteiger partial charge is 0.506 e. The summed E-state index contributed by atoms with van der Waals surface area (Å²) in [5.74, 6) is -0.841. The van der Waals surface area contributed by atoms with Crippen molar-refractivity contribution in [3.63, 3.8) is 0 Å². The Balaban J connectivity index is 0.00000578. The third-order valence-corrected chi connectivity index (χ3v) is 7.62. The molecule has 1 atom stereocenters. The first kappa shape index (κ1) is 31.8. The SMILES string of the molecule is COC(=O)C(Cc1cc(I)c(Oc2cc(I)c(O)c(I)c2)c(I)c1)N(C(=O)CN)C(=O)CN.Cl. The molecular weight excluding hydrogens is 921 g/mol. The Bertz CT molecular complexity index is 1030. The van der Waals surface area contributed by atoms with Crippen molar-refractivity contribution in [3.05, 3.63) is 44.1 Å². The first-order valence-corrected chi connectivity index (χ1v) is 13.5. The minimum Gasteiger partial charge on any atom is -0.506 e. The normalized spacial score (nSPS) is 11.3. The van der Waals surface area contributed by atoms with Crippen LogP contribution >= 0.6 is 103 Å². The number of amides is 2. The monoisotopic (exact) mass is 941 g/mol. The van der Waals surface area contributed by atoms with E-state index in [2.05, 4.69) is 45.2 Å². The molecule has 0 heterocycles. The summed E-state index contributed by atoms with van der Waals surface area (Å²) < 4.78 is 13.7. The molecule has 0 bridgehead atoms. The minimum absolute atomic E-state index is 0. The van der Waals surface area contributed by atoms with Crippen LogP contribution in [0.5, 0.6) is 17.2 Å². The van der Waals surface area contributed by atoms with Gasteiger partial charge in [-0.05, 0) is 120 Å². The molecule has 1 unspecified atom stereocenters. The molecule has 14 heteroatoms. The van der Waals surface area contributed by atoms with Gasteiger partial charge < -0.3 is 26.0 Å². The van der Waals surface area contributed by atoms with Gasteiger partial charge in [0.15, 0.2) is 5.75 Å². The number of nitrogens with zero attached hydrogens (tertiary/aromatic N) is 1. The molecule has 0 saturated heterocycles. The summed E-state index contributed by atoms with van der Waals surface area (Å²) in [5, 5.41) is 9.97. The summed E-state index contributed by atoms with van der Waals surface area (Å²) >= 11 is 8.27.